The number of rotatable bonds is 9. The van der Waals surface area contributed by atoms with E-state index in [-0.39, 0.29) is 30.8 Å². The van der Waals surface area contributed by atoms with Gasteiger partial charge in [0.2, 0.25) is 5.91 Å². The number of fused-ring (bicyclic) bond motifs is 1. The summed E-state index contributed by atoms with van der Waals surface area (Å²) in [4.78, 5) is 40.6. The first kappa shape index (κ1) is 28.8. The highest BCUT2D eigenvalue weighted by Crippen LogP contribution is 2.29. The van der Waals surface area contributed by atoms with Gasteiger partial charge in [0.15, 0.2) is 0 Å². The number of aromatic nitrogens is 1. The largest absolute Gasteiger partial charge is 0.444 e. The second-order valence-electron chi connectivity index (χ2n) is 10.0. The van der Waals surface area contributed by atoms with Crippen LogP contribution in [0.4, 0.5) is 4.79 Å². The summed E-state index contributed by atoms with van der Waals surface area (Å²) in [7, 11) is 0. The van der Waals surface area contributed by atoms with Gasteiger partial charge in [0.05, 0.1) is 0 Å². The Kier molecular flexibility index (Phi) is 8.92. The fourth-order valence-electron chi connectivity index (χ4n) is 4.56. The maximum absolute atomic E-state index is 12.9. The van der Waals surface area contributed by atoms with Crippen LogP contribution in [-0.2, 0) is 22.7 Å². The lowest BCUT2D eigenvalue weighted by Crippen LogP contribution is -2.44. The molecule has 1 heterocycles. The third kappa shape index (κ3) is 7.34. The van der Waals surface area contributed by atoms with Gasteiger partial charge < -0.3 is 20.4 Å². The number of amidine groups is 1. The molecule has 0 radical (unpaired) electrons. The number of nitrogens with one attached hydrogen (secondary N) is 5. The van der Waals surface area contributed by atoms with Crippen molar-refractivity contribution in [1.82, 2.24) is 20.9 Å². The molecule has 0 fully saturated rings. The van der Waals surface area contributed by atoms with E-state index >= 15 is 0 Å². The van der Waals surface area contributed by atoms with Crippen LogP contribution in [0.5, 0.6) is 0 Å². The van der Waals surface area contributed by atoms with Crippen molar-refractivity contribution in [1.29, 1.82) is 5.41 Å². The molecule has 1 aromatic heterocycles. The molecule has 3 amide bonds. The summed E-state index contributed by atoms with van der Waals surface area (Å²) < 4.78 is 5.15. The van der Waals surface area contributed by atoms with E-state index in [4.69, 9.17) is 10.1 Å². The molecule has 43 heavy (non-hydrogen) atoms. The smallest absolute Gasteiger partial charge is 0.413 e. The molecule has 0 spiro atoms. The number of hydrogen-bond donors (Lipinski definition) is 5. The van der Waals surface area contributed by atoms with E-state index in [1.807, 2.05) is 72.8 Å². The quantitative estimate of drug-likeness (QED) is 0.117. The number of H-pyrrole nitrogens is 1. The number of aromatic amines is 1. The van der Waals surface area contributed by atoms with Crippen LogP contribution in [0.3, 0.4) is 0 Å². The Morgan fingerprint density at radius 1 is 0.860 bits per heavy atom. The second-order valence-corrected chi connectivity index (χ2v) is 10.0. The molecule has 5 N–H and O–H groups in total. The number of carbonyl (C=O) groups is 3. The standard InChI is InChI=1S/C34H31N5O4/c1-22(38-33(41)30-18-27(20-36-30)29-13-7-11-25-10-5-6-12-28(25)29)32(40)37-19-23-14-16-26(17-15-23)31(35)39-34(42)43-21-24-8-3-2-4-9-24/h2-18,20,22,36H,19,21H2,1H3,(H,37,40)(H,38,41)(H2,35,39,42)/t22-/m0/s1. The molecule has 0 aliphatic carbocycles. The van der Waals surface area contributed by atoms with Gasteiger partial charge in [-0.25, -0.2) is 4.79 Å². The van der Waals surface area contributed by atoms with Crippen molar-refractivity contribution in [2.75, 3.05) is 0 Å². The monoisotopic (exact) mass is 573 g/mol. The Morgan fingerprint density at radius 2 is 1.58 bits per heavy atom. The molecule has 216 valence electrons. The lowest BCUT2D eigenvalue weighted by molar-refractivity contribution is -0.122. The summed E-state index contributed by atoms with van der Waals surface area (Å²) in [5.41, 5.74) is 4.38. The Hall–Kier alpha value is -5.70. The molecule has 0 aliphatic rings. The SMILES string of the molecule is C[C@H](NC(=O)c1cc(-c2cccc3ccccc23)c[nH]1)C(=O)NCc1ccc(C(=N)NC(=O)OCc2ccccc2)cc1. The van der Waals surface area contributed by atoms with Crippen molar-refractivity contribution in [3.8, 4) is 11.1 Å². The van der Waals surface area contributed by atoms with Gasteiger partial charge in [0.25, 0.3) is 5.91 Å². The number of alkyl carbamates (subject to hydrolysis) is 1. The maximum Gasteiger partial charge on any atom is 0.413 e. The highest BCUT2D eigenvalue weighted by Gasteiger charge is 2.18. The molecule has 0 unspecified atom stereocenters. The summed E-state index contributed by atoms with van der Waals surface area (Å²) in [5.74, 6) is -0.821. The minimum atomic E-state index is -0.768. The van der Waals surface area contributed by atoms with Crippen LogP contribution in [0.25, 0.3) is 21.9 Å². The number of amides is 3. The van der Waals surface area contributed by atoms with Gasteiger partial charge in [0, 0.05) is 23.9 Å². The minimum Gasteiger partial charge on any atom is -0.444 e. The summed E-state index contributed by atoms with van der Waals surface area (Å²) in [6.45, 7) is 1.95. The van der Waals surface area contributed by atoms with Crippen molar-refractivity contribution < 1.29 is 19.1 Å². The Morgan fingerprint density at radius 3 is 2.37 bits per heavy atom. The molecule has 9 nitrogen and oxygen atoms in total. The Balaban J connectivity index is 1.09. The molecule has 0 aliphatic heterocycles. The molecule has 0 bridgehead atoms. The van der Waals surface area contributed by atoms with E-state index in [2.05, 4.69) is 20.9 Å². The van der Waals surface area contributed by atoms with Gasteiger partial charge in [-0.1, -0.05) is 97.1 Å². The van der Waals surface area contributed by atoms with E-state index in [0.29, 0.717) is 11.3 Å². The molecule has 5 aromatic rings. The topological polar surface area (TPSA) is 136 Å². The van der Waals surface area contributed by atoms with Gasteiger partial charge >= 0.3 is 6.09 Å². The van der Waals surface area contributed by atoms with E-state index in [1.54, 1.807) is 43.5 Å². The summed E-state index contributed by atoms with van der Waals surface area (Å²) in [5, 5.41) is 18.3. The van der Waals surface area contributed by atoms with Crippen LogP contribution in [0.2, 0.25) is 0 Å². The van der Waals surface area contributed by atoms with Gasteiger partial charge in [-0.3, -0.25) is 20.3 Å². The third-order valence-corrected chi connectivity index (χ3v) is 6.92. The van der Waals surface area contributed by atoms with E-state index in [1.165, 1.54) is 0 Å². The highest BCUT2D eigenvalue weighted by atomic mass is 16.5. The summed E-state index contributed by atoms with van der Waals surface area (Å²) >= 11 is 0. The van der Waals surface area contributed by atoms with Crippen LogP contribution in [0.15, 0.2) is 109 Å². The fraction of sp³-hybridized carbons (Fsp3) is 0.118. The fourth-order valence-corrected chi connectivity index (χ4v) is 4.56. The normalized spacial score (nSPS) is 11.4. The first-order chi connectivity index (χ1) is 20.9. The second kappa shape index (κ2) is 13.3. The Labute approximate surface area is 248 Å². The van der Waals surface area contributed by atoms with Crippen LogP contribution in [0.1, 0.15) is 34.1 Å². The van der Waals surface area contributed by atoms with Gasteiger partial charge in [0.1, 0.15) is 24.2 Å². The maximum atomic E-state index is 12.9. The minimum absolute atomic E-state index is 0.0992. The third-order valence-electron chi connectivity index (χ3n) is 6.92. The number of benzene rings is 4. The van der Waals surface area contributed by atoms with Crippen LogP contribution < -0.4 is 16.0 Å². The van der Waals surface area contributed by atoms with Crippen molar-refractivity contribution >= 4 is 34.5 Å². The summed E-state index contributed by atoms with van der Waals surface area (Å²) in [6, 6.07) is 31.2. The van der Waals surface area contributed by atoms with Gasteiger partial charge in [-0.05, 0) is 40.5 Å². The Bertz CT molecular complexity index is 1760. The molecular weight excluding hydrogens is 542 g/mol. The average Bonchev–Trinajstić information content (AvgIpc) is 3.53. The van der Waals surface area contributed by atoms with Crippen molar-refractivity contribution in [2.24, 2.45) is 0 Å². The first-order valence-corrected chi connectivity index (χ1v) is 13.8. The first-order valence-electron chi connectivity index (χ1n) is 13.8. The molecule has 5 rings (SSSR count). The van der Waals surface area contributed by atoms with E-state index in [0.717, 1.165) is 33.0 Å². The zero-order chi connectivity index (χ0) is 30.2. The molecule has 1 atom stereocenters. The zero-order valence-corrected chi connectivity index (χ0v) is 23.5. The molecule has 9 heteroatoms. The van der Waals surface area contributed by atoms with Crippen LogP contribution >= 0.6 is 0 Å². The highest BCUT2D eigenvalue weighted by molar-refractivity contribution is 6.04. The van der Waals surface area contributed by atoms with Gasteiger partial charge in [-0.2, -0.15) is 0 Å². The van der Waals surface area contributed by atoms with Crippen LogP contribution in [0, 0.1) is 5.41 Å². The van der Waals surface area contributed by atoms with Crippen molar-refractivity contribution in [3.05, 3.63) is 132 Å². The molecule has 4 aromatic carbocycles. The van der Waals surface area contributed by atoms with Crippen molar-refractivity contribution in [3.63, 3.8) is 0 Å². The summed E-state index contributed by atoms with van der Waals surface area (Å²) in [6.07, 6.45) is 1.07. The molecule has 0 saturated heterocycles. The number of hydrogen-bond acceptors (Lipinski definition) is 5. The van der Waals surface area contributed by atoms with E-state index < -0.39 is 12.1 Å². The predicted octanol–water partition coefficient (Wildman–Crippen LogP) is 5.52. The van der Waals surface area contributed by atoms with Gasteiger partial charge in [-0.15, -0.1) is 0 Å². The van der Waals surface area contributed by atoms with E-state index in [9.17, 15) is 14.4 Å². The number of carbonyl (C=O) groups excluding carboxylic acids is 3. The lowest BCUT2D eigenvalue weighted by atomic mass is 10.0. The number of ether oxygens (including phenoxy) is 1. The zero-order valence-electron chi connectivity index (χ0n) is 23.5. The van der Waals surface area contributed by atoms with Crippen LogP contribution in [-0.4, -0.2) is 34.8 Å². The molecular formula is C34H31N5O4. The average molecular weight is 574 g/mol. The molecule has 0 saturated carbocycles. The lowest BCUT2D eigenvalue weighted by Gasteiger charge is -2.14. The van der Waals surface area contributed by atoms with Crippen molar-refractivity contribution in [2.45, 2.75) is 26.1 Å². The predicted molar refractivity (Wildman–Crippen MR) is 166 cm³/mol.